The van der Waals surface area contributed by atoms with Crippen LogP contribution in [0.4, 0.5) is 0 Å². The van der Waals surface area contributed by atoms with Crippen molar-refractivity contribution < 1.29 is 8.42 Å². The summed E-state index contributed by atoms with van der Waals surface area (Å²) >= 11 is 5.67. The Morgan fingerprint density at radius 2 is 1.90 bits per heavy atom. The van der Waals surface area contributed by atoms with Crippen LogP contribution in [0.5, 0.6) is 0 Å². The molecule has 0 aliphatic heterocycles. The Morgan fingerprint density at radius 3 is 2.52 bits per heavy atom. The lowest BCUT2D eigenvalue weighted by Crippen LogP contribution is -2.29. The van der Waals surface area contributed by atoms with Crippen LogP contribution in [0, 0.1) is 0 Å². The van der Waals surface area contributed by atoms with Gasteiger partial charge in [0.05, 0.1) is 4.90 Å². The lowest BCUT2D eigenvalue weighted by molar-refractivity contribution is 0.472. The molecule has 1 aromatic carbocycles. The maximum Gasteiger partial charge on any atom is 0.266 e. The fourth-order valence-corrected chi connectivity index (χ4v) is 3.22. The average molecular weight is 327 g/mol. The van der Waals surface area contributed by atoms with E-state index in [1.165, 1.54) is 11.4 Å². The van der Waals surface area contributed by atoms with Gasteiger partial charge in [-0.05, 0) is 18.1 Å². The fourth-order valence-electron chi connectivity index (χ4n) is 1.82. The molecule has 1 heterocycles. The van der Waals surface area contributed by atoms with E-state index in [9.17, 15) is 13.2 Å². The van der Waals surface area contributed by atoms with Crippen molar-refractivity contribution in [3.05, 3.63) is 63.5 Å². The number of sulfonamides is 1. The molecule has 2 rings (SSSR count). The van der Waals surface area contributed by atoms with Gasteiger partial charge in [-0.3, -0.25) is 4.79 Å². The molecule has 0 amide bonds. The SMILES string of the molecule is CN(CCc1ccccc1)S(=O)(=O)c1c[nH]c(=O)c(Cl)c1. The first-order valence-corrected chi connectivity index (χ1v) is 8.11. The number of halogens is 1. The number of pyridine rings is 1. The minimum atomic E-state index is -3.67. The average Bonchev–Trinajstić information content (AvgIpc) is 2.48. The van der Waals surface area contributed by atoms with E-state index in [4.69, 9.17) is 11.6 Å². The van der Waals surface area contributed by atoms with Gasteiger partial charge in [0, 0.05) is 19.8 Å². The molecular formula is C14H15ClN2O3S. The van der Waals surface area contributed by atoms with Crippen LogP contribution in [0.3, 0.4) is 0 Å². The highest BCUT2D eigenvalue weighted by Gasteiger charge is 2.21. The molecule has 0 saturated carbocycles. The molecule has 0 bridgehead atoms. The second-order valence-corrected chi connectivity index (χ2v) is 7.03. The molecule has 0 aliphatic rings. The van der Waals surface area contributed by atoms with E-state index in [1.807, 2.05) is 30.3 Å². The summed E-state index contributed by atoms with van der Waals surface area (Å²) in [6.07, 6.45) is 1.76. The molecule has 7 heteroatoms. The summed E-state index contributed by atoms with van der Waals surface area (Å²) in [5.74, 6) is 0. The number of likely N-dealkylation sites (N-methyl/N-ethyl adjacent to an activating group) is 1. The van der Waals surface area contributed by atoms with Crippen molar-refractivity contribution in [2.45, 2.75) is 11.3 Å². The number of hydrogen-bond donors (Lipinski definition) is 1. The molecule has 5 nitrogen and oxygen atoms in total. The third-order valence-corrected chi connectivity index (χ3v) is 5.21. The number of H-pyrrole nitrogens is 1. The first-order chi connectivity index (χ1) is 9.91. The van der Waals surface area contributed by atoms with Crippen LogP contribution in [0.25, 0.3) is 0 Å². The van der Waals surface area contributed by atoms with Crippen molar-refractivity contribution in [1.82, 2.24) is 9.29 Å². The van der Waals surface area contributed by atoms with Crippen molar-refractivity contribution in [1.29, 1.82) is 0 Å². The first-order valence-electron chi connectivity index (χ1n) is 6.30. The molecule has 0 spiro atoms. The summed E-state index contributed by atoms with van der Waals surface area (Å²) in [5.41, 5.74) is 0.543. The predicted molar refractivity (Wildman–Crippen MR) is 82.0 cm³/mol. The second-order valence-electron chi connectivity index (χ2n) is 4.57. The highest BCUT2D eigenvalue weighted by Crippen LogP contribution is 2.15. The van der Waals surface area contributed by atoms with Crippen LogP contribution in [0.2, 0.25) is 5.02 Å². The minimum absolute atomic E-state index is 0.0253. The van der Waals surface area contributed by atoms with Gasteiger partial charge in [0.15, 0.2) is 0 Å². The highest BCUT2D eigenvalue weighted by atomic mass is 35.5. The Labute approximate surface area is 128 Å². The second kappa shape index (κ2) is 6.43. The summed E-state index contributed by atoms with van der Waals surface area (Å²) in [4.78, 5) is 13.5. The van der Waals surface area contributed by atoms with Crippen molar-refractivity contribution in [3.63, 3.8) is 0 Å². The maximum atomic E-state index is 12.4. The number of nitrogens with one attached hydrogen (secondary N) is 1. The van der Waals surface area contributed by atoms with E-state index in [1.54, 1.807) is 0 Å². The number of aromatic amines is 1. The quantitative estimate of drug-likeness (QED) is 0.912. The number of benzene rings is 1. The van der Waals surface area contributed by atoms with Gasteiger partial charge in [-0.2, -0.15) is 0 Å². The molecule has 0 atom stereocenters. The summed E-state index contributed by atoms with van der Waals surface area (Å²) in [7, 11) is -2.17. The van der Waals surface area contributed by atoms with Crippen LogP contribution in [-0.2, 0) is 16.4 Å². The molecule has 21 heavy (non-hydrogen) atoms. The van der Waals surface area contributed by atoms with Crippen LogP contribution in [0.15, 0.2) is 52.3 Å². The Balaban J connectivity index is 2.15. The van der Waals surface area contributed by atoms with Gasteiger partial charge in [0.25, 0.3) is 5.56 Å². The zero-order valence-corrected chi connectivity index (χ0v) is 13.0. The van der Waals surface area contributed by atoms with E-state index >= 15 is 0 Å². The van der Waals surface area contributed by atoms with Crippen LogP contribution in [-0.4, -0.2) is 31.3 Å². The minimum Gasteiger partial charge on any atom is -0.326 e. The van der Waals surface area contributed by atoms with E-state index in [0.29, 0.717) is 13.0 Å². The van der Waals surface area contributed by atoms with Gasteiger partial charge in [0.2, 0.25) is 10.0 Å². The number of rotatable bonds is 5. The monoisotopic (exact) mass is 326 g/mol. The molecule has 0 radical (unpaired) electrons. The van der Waals surface area contributed by atoms with Crippen LogP contribution < -0.4 is 5.56 Å². The first kappa shape index (κ1) is 15.8. The van der Waals surface area contributed by atoms with Crippen LogP contribution in [0.1, 0.15) is 5.56 Å². The van der Waals surface area contributed by atoms with Crippen molar-refractivity contribution in [3.8, 4) is 0 Å². The lowest BCUT2D eigenvalue weighted by atomic mass is 10.2. The van der Waals surface area contributed by atoms with Gasteiger partial charge in [-0.1, -0.05) is 41.9 Å². The van der Waals surface area contributed by atoms with E-state index < -0.39 is 15.6 Å². The van der Waals surface area contributed by atoms with Gasteiger partial charge in [-0.25, -0.2) is 12.7 Å². The van der Waals surface area contributed by atoms with Gasteiger partial charge >= 0.3 is 0 Å². The molecule has 1 aromatic heterocycles. The number of aromatic nitrogens is 1. The summed E-state index contributed by atoms with van der Waals surface area (Å²) < 4.78 is 26.0. The standard InChI is InChI=1S/C14H15ClN2O3S/c1-17(8-7-11-5-3-2-4-6-11)21(19,20)12-9-13(15)14(18)16-10-12/h2-6,9-10H,7-8H2,1H3,(H,16,18). The maximum absolute atomic E-state index is 12.4. The smallest absolute Gasteiger partial charge is 0.266 e. The summed E-state index contributed by atoms with van der Waals surface area (Å²) in [6.45, 7) is 0.336. The molecule has 1 N–H and O–H groups in total. The zero-order chi connectivity index (χ0) is 15.5. The molecule has 2 aromatic rings. The molecule has 0 unspecified atom stereocenters. The largest absolute Gasteiger partial charge is 0.326 e. The Morgan fingerprint density at radius 1 is 1.24 bits per heavy atom. The number of hydrogen-bond acceptors (Lipinski definition) is 3. The fraction of sp³-hybridized carbons (Fsp3) is 0.214. The van der Waals surface area contributed by atoms with Crippen molar-refractivity contribution in [2.75, 3.05) is 13.6 Å². The van der Waals surface area contributed by atoms with E-state index in [0.717, 1.165) is 17.8 Å². The molecule has 0 fully saturated rings. The Bertz CT molecular complexity index is 772. The van der Waals surface area contributed by atoms with E-state index in [-0.39, 0.29) is 9.92 Å². The van der Waals surface area contributed by atoms with Crippen LogP contribution >= 0.6 is 11.6 Å². The lowest BCUT2D eigenvalue weighted by Gasteiger charge is -2.17. The topological polar surface area (TPSA) is 70.2 Å². The molecule has 0 aliphatic carbocycles. The zero-order valence-electron chi connectivity index (χ0n) is 11.4. The summed E-state index contributed by atoms with van der Waals surface area (Å²) in [6, 6.07) is 10.8. The van der Waals surface area contributed by atoms with E-state index in [2.05, 4.69) is 4.98 Å². The molecule has 112 valence electrons. The van der Waals surface area contributed by atoms with Crippen molar-refractivity contribution in [2.24, 2.45) is 0 Å². The normalized spacial score (nSPS) is 11.8. The third-order valence-electron chi connectivity index (χ3n) is 3.10. The predicted octanol–water partition coefficient (Wildman–Crippen LogP) is 1.89. The van der Waals surface area contributed by atoms with Gasteiger partial charge < -0.3 is 4.98 Å². The highest BCUT2D eigenvalue weighted by molar-refractivity contribution is 7.89. The molecule has 0 saturated heterocycles. The Hall–Kier alpha value is -1.63. The number of nitrogens with zero attached hydrogens (tertiary/aromatic N) is 1. The van der Waals surface area contributed by atoms with Gasteiger partial charge in [-0.15, -0.1) is 0 Å². The van der Waals surface area contributed by atoms with Crippen molar-refractivity contribution >= 4 is 21.6 Å². The van der Waals surface area contributed by atoms with Gasteiger partial charge in [0.1, 0.15) is 5.02 Å². The molecular weight excluding hydrogens is 312 g/mol. The summed E-state index contributed by atoms with van der Waals surface area (Å²) in [5, 5.41) is -0.146. The third kappa shape index (κ3) is 3.72. The Kier molecular flexibility index (Phi) is 4.82.